The smallest absolute Gasteiger partial charge is 0.0654 e. The Labute approximate surface area is 206 Å². The molecule has 0 aliphatic carbocycles. The van der Waals surface area contributed by atoms with Gasteiger partial charge in [-0.05, 0) is 0 Å². The van der Waals surface area contributed by atoms with Crippen LogP contribution in [0.5, 0.6) is 0 Å². The molecule has 2 nitrogen and oxygen atoms in total. The molecule has 0 aromatic rings. The number of ether oxygens (including phenoxy) is 1. The van der Waals surface area contributed by atoms with Gasteiger partial charge in [-0.15, -0.1) is 0 Å². The summed E-state index contributed by atoms with van der Waals surface area (Å²) in [5, 5.41) is 0. The maximum atomic E-state index is 11.7. The van der Waals surface area contributed by atoms with Gasteiger partial charge in [-0.1, -0.05) is 39.0 Å². The normalized spacial score (nSPS) is 13.0. The number of unbranched alkanes of at least 4 members (excludes halogenated alkanes) is 15. The van der Waals surface area contributed by atoms with Crippen LogP contribution in [0.15, 0.2) is 12.2 Å². The zero-order valence-electron chi connectivity index (χ0n) is 22.2. The molecule has 0 aromatic heterocycles. The Morgan fingerprint density at radius 1 is 0.688 bits per heavy atom. The van der Waals surface area contributed by atoms with E-state index in [9.17, 15) is 4.79 Å². The first-order valence-corrected chi connectivity index (χ1v) is 17.7. The summed E-state index contributed by atoms with van der Waals surface area (Å²) < 4.78 is 5.37. The van der Waals surface area contributed by atoms with Crippen LogP contribution in [-0.2, 0) is 9.53 Å². The zero-order valence-corrected chi connectivity index (χ0v) is 23.8. The van der Waals surface area contributed by atoms with Gasteiger partial charge in [-0.3, -0.25) is 0 Å². The minimum atomic E-state index is -2.27. The van der Waals surface area contributed by atoms with E-state index in [1.54, 1.807) is 6.92 Å². The molecule has 192 valence electrons. The fraction of sp³-hybridized carbons (Fsp3) is 0.893. The molecule has 0 heterocycles. The second kappa shape index (κ2) is 19.3. The summed E-state index contributed by atoms with van der Waals surface area (Å²) in [6.07, 6.45) is 26.3. The summed E-state index contributed by atoms with van der Waals surface area (Å²) >= 11 is 7.31. The van der Waals surface area contributed by atoms with E-state index in [1.165, 1.54) is 103 Å². The quantitative estimate of drug-likeness (QED) is 0.0616. The molecule has 0 fully saturated rings. The van der Waals surface area contributed by atoms with Gasteiger partial charge in [0.1, 0.15) is 0 Å². The van der Waals surface area contributed by atoms with Crippen LogP contribution in [0.4, 0.5) is 0 Å². The van der Waals surface area contributed by atoms with Crippen molar-refractivity contribution in [1.82, 2.24) is 0 Å². The first-order valence-electron chi connectivity index (χ1n) is 13.9. The van der Waals surface area contributed by atoms with Gasteiger partial charge in [0, 0.05) is 0 Å². The molecule has 0 atom stereocenters. The van der Waals surface area contributed by atoms with Crippen molar-refractivity contribution in [1.29, 1.82) is 0 Å². The van der Waals surface area contributed by atoms with Crippen LogP contribution in [0, 0.1) is 0 Å². The standard InChI is InChI=1S/C28H56ClO2P/c1-6-9-10-11-12-13-14-15-16-17-18-19-20-21-22-23-25-32(29,7-2,8-3)26-24-31-28(30)27(4)5/h4,6-26H2,1-3,5H3. The summed E-state index contributed by atoms with van der Waals surface area (Å²) in [7, 11) is 0. The van der Waals surface area contributed by atoms with Gasteiger partial charge >= 0.3 is 168 Å². The van der Waals surface area contributed by atoms with Gasteiger partial charge in [-0.25, -0.2) is 0 Å². The molecule has 0 radical (unpaired) electrons. The van der Waals surface area contributed by atoms with Crippen LogP contribution in [-0.4, -0.2) is 37.2 Å². The third-order valence-electron chi connectivity index (χ3n) is 7.38. The van der Waals surface area contributed by atoms with Crippen molar-refractivity contribution in [2.45, 2.75) is 130 Å². The molecule has 32 heavy (non-hydrogen) atoms. The van der Waals surface area contributed by atoms with E-state index < -0.39 is 5.96 Å². The van der Waals surface area contributed by atoms with Crippen molar-refractivity contribution in [3.63, 3.8) is 0 Å². The fourth-order valence-electron chi connectivity index (χ4n) is 4.51. The molecule has 0 unspecified atom stereocenters. The Kier molecular flexibility index (Phi) is 19.2. The Hall–Kier alpha value is -0.0700. The molecule has 0 N–H and O–H groups in total. The van der Waals surface area contributed by atoms with Crippen molar-refractivity contribution in [3.05, 3.63) is 12.2 Å². The predicted molar refractivity (Wildman–Crippen MR) is 149 cm³/mol. The Morgan fingerprint density at radius 3 is 1.41 bits per heavy atom. The summed E-state index contributed by atoms with van der Waals surface area (Å²) in [6, 6.07) is 0. The number of hydrogen-bond acceptors (Lipinski definition) is 2. The minimum absolute atomic E-state index is 0.290. The van der Waals surface area contributed by atoms with Crippen LogP contribution in [0.3, 0.4) is 0 Å². The topological polar surface area (TPSA) is 26.3 Å². The van der Waals surface area contributed by atoms with Crippen molar-refractivity contribution >= 4 is 23.2 Å². The fourth-order valence-corrected chi connectivity index (χ4v) is 8.58. The molecule has 0 aliphatic heterocycles. The van der Waals surface area contributed by atoms with E-state index in [4.69, 9.17) is 16.0 Å². The SMILES string of the molecule is C=C(C)C(=O)OCCP(Cl)(CC)(CC)CCCCCCCCCCCCCCCCCC. The average molecular weight is 491 g/mol. The third kappa shape index (κ3) is 15.7. The molecule has 0 amide bonds. The number of esters is 1. The second-order valence-corrected chi connectivity index (χ2v) is 18.8. The minimum Gasteiger partial charge on any atom is -0.0654 e. The van der Waals surface area contributed by atoms with Crippen LogP contribution in [0.2, 0.25) is 0 Å². The summed E-state index contributed by atoms with van der Waals surface area (Å²) in [5.74, 6) is -2.56. The van der Waals surface area contributed by atoms with Crippen molar-refractivity contribution in [3.8, 4) is 0 Å². The zero-order chi connectivity index (χ0) is 24.2. The van der Waals surface area contributed by atoms with Crippen molar-refractivity contribution < 1.29 is 9.53 Å². The van der Waals surface area contributed by atoms with Gasteiger partial charge in [0.15, 0.2) is 0 Å². The molecule has 0 rings (SSSR count). The van der Waals surface area contributed by atoms with Crippen molar-refractivity contribution in [2.24, 2.45) is 0 Å². The van der Waals surface area contributed by atoms with Crippen LogP contribution in [0.1, 0.15) is 130 Å². The van der Waals surface area contributed by atoms with E-state index in [1.807, 2.05) is 0 Å². The first-order chi connectivity index (χ1) is 15.3. The Bertz CT molecular complexity index is 488. The van der Waals surface area contributed by atoms with E-state index in [-0.39, 0.29) is 5.97 Å². The number of rotatable bonds is 23. The van der Waals surface area contributed by atoms with E-state index in [2.05, 4.69) is 27.4 Å². The van der Waals surface area contributed by atoms with E-state index >= 15 is 0 Å². The summed E-state index contributed by atoms with van der Waals surface area (Å²) in [6.45, 7) is 12.5. The molecule has 0 aromatic carbocycles. The number of halogens is 1. The molecular weight excluding hydrogens is 435 g/mol. The Balaban J connectivity index is 3.76. The van der Waals surface area contributed by atoms with Gasteiger partial charge in [0.05, 0.1) is 0 Å². The third-order valence-corrected chi connectivity index (χ3v) is 15.7. The summed E-state index contributed by atoms with van der Waals surface area (Å²) in [4.78, 5) is 11.7. The van der Waals surface area contributed by atoms with Gasteiger partial charge in [-0.2, -0.15) is 0 Å². The van der Waals surface area contributed by atoms with Gasteiger partial charge in [0.2, 0.25) is 0 Å². The van der Waals surface area contributed by atoms with Gasteiger partial charge in [0.25, 0.3) is 0 Å². The van der Waals surface area contributed by atoms with Crippen molar-refractivity contribution in [2.75, 3.05) is 31.3 Å². The number of carbonyl (C=O) groups excluding carboxylic acids is 1. The average Bonchev–Trinajstić information content (AvgIpc) is 2.79. The van der Waals surface area contributed by atoms with Crippen LogP contribution < -0.4 is 0 Å². The molecule has 0 spiro atoms. The van der Waals surface area contributed by atoms with Crippen LogP contribution in [0.25, 0.3) is 0 Å². The summed E-state index contributed by atoms with van der Waals surface area (Å²) in [5.41, 5.74) is 0.464. The maximum absolute atomic E-state index is 11.7. The molecule has 0 aliphatic rings. The monoisotopic (exact) mass is 490 g/mol. The number of hydrogen-bond donors (Lipinski definition) is 0. The molecule has 4 heteroatoms. The van der Waals surface area contributed by atoms with E-state index in [0.29, 0.717) is 12.2 Å². The molecule has 0 saturated carbocycles. The molecule has 0 bridgehead atoms. The van der Waals surface area contributed by atoms with Crippen LogP contribution >= 0.6 is 17.2 Å². The first kappa shape index (κ1) is 31.9. The molecule has 0 saturated heterocycles. The predicted octanol–water partition coefficient (Wildman–Crippen LogP) is 10.1. The van der Waals surface area contributed by atoms with Gasteiger partial charge < -0.3 is 0 Å². The second-order valence-electron chi connectivity index (χ2n) is 10.1. The van der Waals surface area contributed by atoms with E-state index in [0.717, 1.165) is 24.6 Å². The Morgan fingerprint density at radius 2 is 1.06 bits per heavy atom. The molecular formula is C28H56ClO2P. The number of carbonyl (C=O) groups is 1.